The molecule has 21 heavy (non-hydrogen) atoms. The number of carbonyl (C=O) groups excluding carboxylic acids is 2. The Labute approximate surface area is 118 Å². The Morgan fingerprint density at radius 2 is 2.00 bits per heavy atom. The number of H-pyrrole nitrogens is 1. The zero-order chi connectivity index (χ0) is 16.1. The second kappa shape index (κ2) is 6.42. The molecule has 1 aromatic rings. The van der Waals surface area contributed by atoms with Crippen molar-refractivity contribution in [1.82, 2.24) is 5.32 Å². The van der Waals surface area contributed by atoms with Crippen molar-refractivity contribution in [2.45, 2.75) is 25.2 Å². The molecule has 0 saturated heterocycles. The normalized spacial score (nSPS) is 14.0. The van der Waals surface area contributed by atoms with E-state index in [0.717, 1.165) is 7.11 Å². The minimum absolute atomic E-state index is 0.114. The van der Waals surface area contributed by atoms with Crippen LogP contribution in [0.5, 0.6) is 0 Å². The van der Waals surface area contributed by atoms with E-state index in [1.165, 1.54) is 25.3 Å². The van der Waals surface area contributed by atoms with Gasteiger partial charge in [-0.25, -0.2) is 15.1 Å². The summed E-state index contributed by atoms with van der Waals surface area (Å²) in [6, 6.07) is 4.28. The van der Waals surface area contributed by atoms with Crippen LogP contribution in [-0.4, -0.2) is 30.8 Å². The van der Waals surface area contributed by atoms with Crippen LogP contribution in [0.2, 0.25) is 0 Å². The van der Waals surface area contributed by atoms with Crippen molar-refractivity contribution in [3.8, 4) is 0 Å². The average molecular weight is 306 g/mol. The number of alkyl halides is 3. The van der Waals surface area contributed by atoms with E-state index in [-0.39, 0.29) is 12.2 Å². The van der Waals surface area contributed by atoms with Crippen molar-refractivity contribution in [2.24, 2.45) is 0 Å². The molecule has 1 rings (SSSR count). The van der Waals surface area contributed by atoms with Crippen LogP contribution in [0, 0.1) is 0 Å². The summed E-state index contributed by atoms with van der Waals surface area (Å²) in [4.78, 5) is 25.6. The van der Waals surface area contributed by atoms with Gasteiger partial charge in [-0.05, 0) is 6.07 Å². The number of nitrogens with one attached hydrogen (secondary N) is 3. The summed E-state index contributed by atoms with van der Waals surface area (Å²) < 4.78 is 44.4. The first kappa shape index (κ1) is 16.7. The van der Waals surface area contributed by atoms with Crippen molar-refractivity contribution in [2.75, 3.05) is 12.4 Å². The molecule has 0 aliphatic rings. The van der Waals surface area contributed by atoms with Gasteiger partial charge in [0.15, 0.2) is 0 Å². The number of pyridine rings is 1. The summed E-state index contributed by atoms with van der Waals surface area (Å²) >= 11 is 0. The molecule has 9 heteroatoms. The number of hydrogen-bond donors (Lipinski definition) is 2. The van der Waals surface area contributed by atoms with Crippen LogP contribution in [0.4, 0.5) is 19.0 Å². The van der Waals surface area contributed by atoms with Crippen LogP contribution in [0.3, 0.4) is 0 Å². The Morgan fingerprint density at radius 3 is 2.43 bits per heavy atom. The molecule has 0 fully saturated rings. The molecule has 0 aliphatic heterocycles. The van der Waals surface area contributed by atoms with Crippen molar-refractivity contribution in [3.63, 3.8) is 0 Å². The maximum atomic E-state index is 13.4. The van der Waals surface area contributed by atoms with E-state index in [4.69, 9.17) is 0 Å². The Hall–Kier alpha value is -2.32. The third-order valence-electron chi connectivity index (χ3n) is 2.60. The minimum atomic E-state index is -5.12. The third-order valence-corrected chi connectivity index (χ3v) is 2.60. The zero-order valence-corrected chi connectivity index (χ0v) is 11.4. The van der Waals surface area contributed by atoms with Crippen LogP contribution in [0.1, 0.15) is 13.3 Å². The molecule has 1 amide bonds. The summed E-state index contributed by atoms with van der Waals surface area (Å²) in [5.41, 5.74) is -3.37. The fourth-order valence-electron chi connectivity index (χ4n) is 1.51. The lowest BCUT2D eigenvalue weighted by atomic mass is 10.1. The van der Waals surface area contributed by atoms with Crippen LogP contribution >= 0.6 is 0 Å². The molecule has 0 aliphatic carbocycles. The van der Waals surface area contributed by atoms with Gasteiger partial charge in [0.25, 0.3) is 5.82 Å². The lowest BCUT2D eigenvalue weighted by Gasteiger charge is -2.30. The molecule has 3 N–H and O–H groups in total. The molecule has 0 saturated carbocycles. The molecule has 1 aromatic heterocycles. The van der Waals surface area contributed by atoms with Gasteiger partial charge in [-0.1, -0.05) is 13.0 Å². The van der Waals surface area contributed by atoms with Crippen molar-refractivity contribution >= 4 is 17.7 Å². The summed E-state index contributed by atoms with van der Waals surface area (Å²) in [6.45, 7) is 1.36. The molecular formula is C12H15F3N3O3+. The van der Waals surface area contributed by atoms with Crippen LogP contribution in [0.25, 0.3) is 0 Å². The Balaban J connectivity index is 3.29. The van der Waals surface area contributed by atoms with E-state index in [1.54, 1.807) is 11.4 Å². The van der Waals surface area contributed by atoms with E-state index >= 15 is 0 Å². The molecule has 1 atom stereocenters. The highest BCUT2D eigenvalue weighted by Gasteiger charge is 2.67. The van der Waals surface area contributed by atoms with Crippen LogP contribution < -0.4 is 15.6 Å². The van der Waals surface area contributed by atoms with Crippen LogP contribution in [-0.2, 0) is 14.3 Å². The number of amides is 1. The highest BCUT2D eigenvalue weighted by atomic mass is 19.4. The number of anilines is 1. The predicted octanol–water partition coefficient (Wildman–Crippen LogP) is 0.870. The predicted molar refractivity (Wildman–Crippen MR) is 65.9 cm³/mol. The summed E-state index contributed by atoms with van der Waals surface area (Å²) in [6.07, 6.45) is -3.98. The van der Waals surface area contributed by atoms with Crippen molar-refractivity contribution in [3.05, 3.63) is 24.4 Å². The van der Waals surface area contributed by atoms with Crippen LogP contribution in [0.15, 0.2) is 24.4 Å². The molecule has 0 bridgehead atoms. The first-order chi connectivity index (χ1) is 9.76. The maximum absolute atomic E-state index is 13.4. The zero-order valence-electron chi connectivity index (χ0n) is 11.4. The van der Waals surface area contributed by atoms with Gasteiger partial charge in [-0.15, -0.1) is 0 Å². The number of carbonyl (C=O) groups is 2. The molecular weight excluding hydrogens is 291 g/mol. The molecule has 0 spiro atoms. The van der Waals surface area contributed by atoms with E-state index < -0.39 is 23.7 Å². The minimum Gasteiger partial charge on any atom is -0.464 e. The highest BCUT2D eigenvalue weighted by molar-refractivity contribution is 5.90. The Morgan fingerprint density at radius 1 is 1.33 bits per heavy atom. The topological polar surface area (TPSA) is 81.6 Å². The van der Waals surface area contributed by atoms with Gasteiger partial charge in [0.2, 0.25) is 5.91 Å². The van der Waals surface area contributed by atoms with Crippen molar-refractivity contribution < 1.29 is 32.5 Å². The number of rotatable bonds is 5. The number of aromatic nitrogens is 1. The smallest absolute Gasteiger partial charge is 0.464 e. The maximum Gasteiger partial charge on any atom is 0.464 e. The summed E-state index contributed by atoms with van der Waals surface area (Å²) in [5, 5.41) is 3.61. The number of methoxy groups -OCH3 is 1. The number of ether oxygens (including phenoxy) is 1. The van der Waals surface area contributed by atoms with Gasteiger partial charge < -0.3 is 4.74 Å². The van der Waals surface area contributed by atoms with Gasteiger partial charge in [0, 0.05) is 12.5 Å². The van der Waals surface area contributed by atoms with Gasteiger partial charge in [0.05, 0.1) is 13.3 Å². The van der Waals surface area contributed by atoms with E-state index in [2.05, 4.69) is 9.72 Å². The van der Waals surface area contributed by atoms with E-state index in [1.807, 2.05) is 5.32 Å². The quantitative estimate of drug-likeness (QED) is 0.625. The standard InChI is InChI=1S/C12H14F3N3O3/c1-3-9(19)18-11(10(20)21-2,12(13,14)15)17-8-6-4-5-7-16-8/h4-7H,3H2,1-2H3,(H,16,17)(H,18,19)/p+1/t11-/m1/s1. The summed E-state index contributed by atoms with van der Waals surface area (Å²) in [7, 11) is 0.803. The molecule has 0 aromatic carbocycles. The second-order valence-electron chi connectivity index (χ2n) is 4.04. The fourth-order valence-corrected chi connectivity index (χ4v) is 1.51. The average Bonchev–Trinajstić information content (AvgIpc) is 2.45. The van der Waals surface area contributed by atoms with Crippen molar-refractivity contribution in [1.29, 1.82) is 0 Å². The van der Waals surface area contributed by atoms with Gasteiger partial charge in [-0.3, -0.25) is 10.1 Å². The SMILES string of the molecule is CCC(=O)N[C@](Nc1cccc[nH+]1)(C(=O)OC)C(F)(F)F. The number of hydrogen-bond acceptors (Lipinski definition) is 4. The lowest BCUT2D eigenvalue weighted by Crippen LogP contribution is -2.69. The van der Waals surface area contributed by atoms with Gasteiger partial charge in [-0.2, -0.15) is 13.2 Å². The second-order valence-corrected chi connectivity index (χ2v) is 4.04. The Bertz CT molecular complexity index is 507. The van der Waals surface area contributed by atoms with Gasteiger partial charge >= 0.3 is 17.8 Å². The fraction of sp³-hybridized carbons (Fsp3) is 0.417. The first-order valence-corrected chi connectivity index (χ1v) is 5.98. The largest absolute Gasteiger partial charge is 0.464 e. The number of halogens is 3. The molecule has 0 radical (unpaired) electrons. The summed E-state index contributed by atoms with van der Waals surface area (Å²) in [5.74, 6) is -2.74. The monoisotopic (exact) mass is 306 g/mol. The Kier molecular flexibility index (Phi) is 5.12. The van der Waals surface area contributed by atoms with Gasteiger partial charge in [0.1, 0.15) is 0 Å². The number of esters is 1. The van der Waals surface area contributed by atoms with E-state index in [0.29, 0.717) is 0 Å². The molecule has 116 valence electrons. The highest BCUT2D eigenvalue weighted by Crippen LogP contribution is 2.32. The van der Waals surface area contributed by atoms with E-state index in [9.17, 15) is 22.8 Å². The lowest BCUT2D eigenvalue weighted by molar-refractivity contribution is -0.363. The molecule has 1 heterocycles. The first-order valence-electron chi connectivity index (χ1n) is 5.98. The molecule has 6 nitrogen and oxygen atoms in total. The molecule has 0 unspecified atom stereocenters. The number of aromatic amines is 1. The third kappa shape index (κ3) is 3.61.